The van der Waals surface area contributed by atoms with Crippen LogP contribution < -0.4 is 10.3 Å². The SMILES string of the molecule is CC(=O)OCc1c(OC(=O)CCCC=O)cc2n(c1=O)Cc1cc3ccccc3nc1-2. The number of para-hydroxylation sites is 1. The van der Waals surface area contributed by atoms with Crippen molar-refractivity contribution in [3.05, 3.63) is 57.9 Å². The van der Waals surface area contributed by atoms with Crippen LogP contribution in [0.5, 0.6) is 5.75 Å². The minimum absolute atomic E-state index is 0.0314. The van der Waals surface area contributed by atoms with Crippen LogP contribution in [0.15, 0.2) is 41.2 Å². The minimum atomic E-state index is -0.569. The molecule has 0 bridgehead atoms. The summed E-state index contributed by atoms with van der Waals surface area (Å²) in [6, 6.07) is 11.2. The van der Waals surface area contributed by atoms with Gasteiger partial charge in [-0.2, -0.15) is 0 Å². The lowest BCUT2D eigenvalue weighted by molar-refractivity contribution is -0.142. The van der Waals surface area contributed by atoms with E-state index in [0.717, 1.165) is 22.8 Å². The maximum absolute atomic E-state index is 13.2. The van der Waals surface area contributed by atoms with Crippen LogP contribution in [0.3, 0.4) is 0 Å². The van der Waals surface area contributed by atoms with Crippen molar-refractivity contribution in [2.75, 3.05) is 0 Å². The summed E-state index contributed by atoms with van der Waals surface area (Å²) in [4.78, 5) is 51.9. The molecule has 1 aliphatic rings. The molecule has 0 saturated heterocycles. The Bertz CT molecular complexity index is 1260. The van der Waals surface area contributed by atoms with E-state index in [-0.39, 0.29) is 30.8 Å². The molecule has 158 valence electrons. The van der Waals surface area contributed by atoms with Gasteiger partial charge in [0.05, 0.1) is 29.0 Å². The molecule has 0 saturated carbocycles. The van der Waals surface area contributed by atoms with E-state index in [1.807, 2.05) is 30.3 Å². The molecule has 3 heterocycles. The fourth-order valence-corrected chi connectivity index (χ4v) is 3.59. The molecule has 4 rings (SSSR count). The lowest BCUT2D eigenvalue weighted by Crippen LogP contribution is -2.25. The summed E-state index contributed by atoms with van der Waals surface area (Å²) in [6.07, 6.45) is 1.35. The number of carbonyl (C=O) groups excluding carboxylic acids is 3. The van der Waals surface area contributed by atoms with Gasteiger partial charge in [0.2, 0.25) is 0 Å². The largest absolute Gasteiger partial charge is 0.461 e. The first-order valence-electron chi connectivity index (χ1n) is 9.91. The van der Waals surface area contributed by atoms with Crippen LogP contribution >= 0.6 is 0 Å². The molecular weight excluding hydrogens is 400 g/mol. The van der Waals surface area contributed by atoms with Gasteiger partial charge in [-0.3, -0.25) is 14.4 Å². The van der Waals surface area contributed by atoms with Crippen LogP contribution in [0, 0.1) is 0 Å². The summed E-state index contributed by atoms with van der Waals surface area (Å²) in [6.45, 7) is 1.25. The van der Waals surface area contributed by atoms with E-state index in [4.69, 9.17) is 14.5 Å². The molecule has 8 nitrogen and oxygen atoms in total. The standard InChI is InChI=1S/C23H20N2O6/c1-14(27)30-13-17-20(31-21(28)8-4-5-9-26)11-19-22-16(12-25(19)23(17)29)10-15-6-2-3-7-18(15)24-22/h2-3,6-7,9-11H,4-5,8,12-13H2,1H3. The van der Waals surface area contributed by atoms with Crippen molar-refractivity contribution in [2.45, 2.75) is 39.3 Å². The summed E-state index contributed by atoms with van der Waals surface area (Å²) in [5.74, 6) is -1.08. The van der Waals surface area contributed by atoms with Gasteiger partial charge in [-0.1, -0.05) is 18.2 Å². The summed E-state index contributed by atoms with van der Waals surface area (Å²) < 4.78 is 12.0. The monoisotopic (exact) mass is 420 g/mol. The van der Waals surface area contributed by atoms with Gasteiger partial charge in [0.1, 0.15) is 18.6 Å². The first-order chi connectivity index (χ1) is 15.0. The van der Waals surface area contributed by atoms with Crippen molar-refractivity contribution in [2.24, 2.45) is 0 Å². The van der Waals surface area contributed by atoms with Crippen LogP contribution in [0.2, 0.25) is 0 Å². The van der Waals surface area contributed by atoms with Gasteiger partial charge in [-0.25, -0.2) is 4.98 Å². The van der Waals surface area contributed by atoms with E-state index in [0.29, 0.717) is 24.4 Å². The highest BCUT2D eigenvalue weighted by molar-refractivity contribution is 5.84. The highest BCUT2D eigenvalue weighted by Crippen LogP contribution is 2.34. The first-order valence-corrected chi connectivity index (χ1v) is 9.91. The molecule has 31 heavy (non-hydrogen) atoms. The molecule has 0 radical (unpaired) electrons. The highest BCUT2D eigenvalue weighted by atomic mass is 16.5. The van der Waals surface area contributed by atoms with Crippen molar-refractivity contribution in [1.82, 2.24) is 9.55 Å². The smallest absolute Gasteiger partial charge is 0.311 e. The second-order valence-corrected chi connectivity index (χ2v) is 7.27. The third-order valence-electron chi connectivity index (χ3n) is 5.08. The quantitative estimate of drug-likeness (QED) is 0.257. The second kappa shape index (κ2) is 8.51. The molecule has 0 N–H and O–H groups in total. The summed E-state index contributed by atoms with van der Waals surface area (Å²) in [7, 11) is 0. The van der Waals surface area contributed by atoms with E-state index in [1.54, 1.807) is 10.6 Å². The van der Waals surface area contributed by atoms with E-state index < -0.39 is 17.5 Å². The van der Waals surface area contributed by atoms with Crippen molar-refractivity contribution in [3.8, 4) is 17.1 Å². The number of nitrogens with zero attached hydrogens (tertiary/aromatic N) is 2. The number of aromatic nitrogens is 2. The number of hydrogen-bond donors (Lipinski definition) is 0. The zero-order valence-electron chi connectivity index (χ0n) is 16.9. The maximum Gasteiger partial charge on any atom is 0.311 e. The number of aldehydes is 1. The Balaban J connectivity index is 1.77. The molecular formula is C23H20N2O6. The van der Waals surface area contributed by atoms with Crippen molar-refractivity contribution in [3.63, 3.8) is 0 Å². The molecule has 8 heteroatoms. The number of ether oxygens (including phenoxy) is 2. The lowest BCUT2D eigenvalue weighted by Gasteiger charge is -2.13. The van der Waals surface area contributed by atoms with Gasteiger partial charge in [0.15, 0.2) is 0 Å². The Morgan fingerprint density at radius 1 is 1.23 bits per heavy atom. The molecule has 0 aliphatic carbocycles. The molecule has 0 amide bonds. The number of hydrogen-bond acceptors (Lipinski definition) is 7. The maximum atomic E-state index is 13.2. The zero-order valence-corrected chi connectivity index (χ0v) is 16.9. The number of benzene rings is 1. The normalized spacial score (nSPS) is 11.6. The molecule has 0 unspecified atom stereocenters. The summed E-state index contributed by atoms with van der Waals surface area (Å²) in [5.41, 5.74) is 2.53. The third-order valence-corrected chi connectivity index (χ3v) is 5.08. The second-order valence-electron chi connectivity index (χ2n) is 7.27. The predicted molar refractivity (Wildman–Crippen MR) is 112 cm³/mol. The molecule has 2 aromatic heterocycles. The van der Waals surface area contributed by atoms with Crippen LogP contribution in [0.4, 0.5) is 0 Å². The fraction of sp³-hybridized carbons (Fsp3) is 0.261. The van der Waals surface area contributed by atoms with Gasteiger partial charge in [0.25, 0.3) is 5.56 Å². The van der Waals surface area contributed by atoms with Gasteiger partial charge >= 0.3 is 11.9 Å². The van der Waals surface area contributed by atoms with Crippen LogP contribution in [0.25, 0.3) is 22.3 Å². The van der Waals surface area contributed by atoms with Crippen LogP contribution in [-0.4, -0.2) is 27.8 Å². The Kier molecular flexibility index (Phi) is 5.62. The van der Waals surface area contributed by atoms with Crippen LogP contribution in [0.1, 0.15) is 37.3 Å². The molecule has 3 aromatic rings. The van der Waals surface area contributed by atoms with Crippen molar-refractivity contribution < 1.29 is 23.9 Å². The van der Waals surface area contributed by atoms with Crippen molar-refractivity contribution >= 4 is 29.1 Å². The molecule has 1 aliphatic heterocycles. The van der Waals surface area contributed by atoms with Crippen molar-refractivity contribution in [1.29, 1.82) is 0 Å². The Morgan fingerprint density at radius 3 is 2.81 bits per heavy atom. The molecule has 1 aromatic carbocycles. The number of unbranched alkanes of at least 4 members (excludes halogenated alkanes) is 1. The highest BCUT2D eigenvalue weighted by Gasteiger charge is 2.27. The summed E-state index contributed by atoms with van der Waals surface area (Å²) in [5, 5.41) is 0.962. The number of fused-ring (bicyclic) bond motifs is 4. The van der Waals surface area contributed by atoms with E-state index >= 15 is 0 Å². The van der Waals surface area contributed by atoms with Gasteiger partial charge in [0, 0.05) is 36.8 Å². The zero-order chi connectivity index (χ0) is 22.0. The number of rotatable bonds is 7. The molecule has 0 spiro atoms. The van der Waals surface area contributed by atoms with Gasteiger partial charge in [-0.05, 0) is 18.6 Å². The fourth-order valence-electron chi connectivity index (χ4n) is 3.59. The average molecular weight is 420 g/mol. The van der Waals surface area contributed by atoms with Gasteiger partial charge in [-0.15, -0.1) is 0 Å². The van der Waals surface area contributed by atoms with E-state index in [2.05, 4.69) is 0 Å². The predicted octanol–water partition coefficient (Wildman–Crippen LogP) is 2.76. The van der Waals surface area contributed by atoms with Crippen LogP contribution in [-0.2, 0) is 32.3 Å². The number of pyridine rings is 2. The summed E-state index contributed by atoms with van der Waals surface area (Å²) >= 11 is 0. The first kappa shape index (κ1) is 20.5. The number of esters is 2. The average Bonchev–Trinajstić information content (AvgIpc) is 3.09. The lowest BCUT2D eigenvalue weighted by atomic mass is 10.1. The van der Waals surface area contributed by atoms with Gasteiger partial charge < -0.3 is 18.8 Å². The Morgan fingerprint density at radius 2 is 2.03 bits per heavy atom. The Labute approximate surface area is 177 Å². The molecule has 0 atom stereocenters. The topological polar surface area (TPSA) is 105 Å². The molecule has 0 fully saturated rings. The van der Waals surface area contributed by atoms with E-state index in [1.165, 1.54) is 6.92 Å². The number of carbonyl (C=O) groups is 3. The minimum Gasteiger partial charge on any atom is -0.461 e. The third kappa shape index (κ3) is 4.09. The van der Waals surface area contributed by atoms with E-state index in [9.17, 15) is 19.2 Å². The Hall–Kier alpha value is -3.81.